The van der Waals surface area contributed by atoms with E-state index in [1.807, 2.05) is 6.92 Å². The van der Waals surface area contributed by atoms with Gasteiger partial charge in [-0.05, 0) is 24.5 Å². The van der Waals surface area contributed by atoms with Gasteiger partial charge < -0.3 is 10.0 Å². The van der Waals surface area contributed by atoms with Crippen LogP contribution in [0.1, 0.15) is 22.5 Å². The highest BCUT2D eigenvalue weighted by Crippen LogP contribution is 2.25. The third-order valence-corrected chi connectivity index (χ3v) is 3.56. The Morgan fingerprint density at radius 3 is 2.84 bits per heavy atom. The molecule has 0 unspecified atom stereocenters. The number of benzene rings is 1. The summed E-state index contributed by atoms with van der Waals surface area (Å²) in [4.78, 5) is 10.9. The first-order chi connectivity index (χ1) is 9.28. The molecule has 1 aliphatic heterocycles. The van der Waals surface area contributed by atoms with Gasteiger partial charge in [0.05, 0.1) is 6.61 Å². The fourth-order valence-corrected chi connectivity index (χ4v) is 2.54. The van der Waals surface area contributed by atoms with Gasteiger partial charge in [0.25, 0.3) is 0 Å². The van der Waals surface area contributed by atoms with Gasteiger partial charge in [-0.2, -0.15) is 0 Å². The molecular formula is C15H17N3O. The van der Waals surface area contributed by atoms with Gasteiger partial charge in [-0.3, -0.25) is 0 Å². The SMILES string of the molecule is Cc1ncc(CO)c(N2CCc3ccccc3C2)n1. The highest BCUT2D eigenvalue weighted by Gasteiger charge is 2.19. The third kappa shape index (κ3) is 2.31. The number of aliphatic hydroxyl groups is 1. The molecule has 0 atom stereocenters. The van der Waals surface area contributed by atoms with Gasteiger partial charge in [0.15, 0.2) is 0 Å². The van der Waals surface area contributed by atoms with E-state index in [0.29, 0.717) is 0 Å². The fraction of sp³-hybridized carbons (Fsp3) is 0.333. The third-order valence-electron chi connectivity index (χ3n) is 3.56. The van der Waals surface area contributed by atoms with E-state index in [1.54, 1.807) is 6.20 Å². The zero-order chi connectivity index (χ0) is 13.2. The van der Waals surface area contributed by atoms with E-state index in [-0.39, 0.29) is 6.61 Å². The average Bonchev–Trinajstić information content (AvgIpc) is 2.46. The van der Waals surface area contributed by atoms with Gasteiger partial charge >= 0.3 is 0 Å². The Hall–Kier alpha value is -1.94. The Bertz CT molecular complexity index is 598. The monoisotopic (exact) mass is 255 g/mol. The number of aliphatic hydroxyl groups excluding tert-OH is 1. The van der Waals surface area contributed by atoms with E-state index in [2.05, 4.69) is 39.1 Å². The minimum atomic E-state index is -0.0201. The Morgan fingerprint density at radius 2 is 2.05 bits per heavy atom. The molecule has 4 heteroatoms. The molecule has 19 heavy (non-hydrogen) atoms. The quantitative estimate of drug-likeness (QED) is 0.889. The lowest BCUT2D eigenvalue weighted by Crippen LogP contribution is -2.32. The molecule has 1 aromatic carbocycles. The molecule has 0 aliphatic carbocycles. The minimum Gasteiger partial charge on any atom is -0.391 e. The predicted molar refractivity (Wildman–Crippen MR) is 73.9 cm³/mol. The molecule has 3 rings (SSSR count). The largest absolute Gasteiger partial charge is 0.391 e. The van der Waals surface area contributed by atoms with Crippen molar-refractivity contribution < 1.29 is 5.11 Å². The van der Waals surface area contributed by atoms with Crippen molar-refractivity contribution in [3.8, 4) is 0 Å². The van der Waals surface area contributed by atoms with E-state index >= 15 is 0 Å². The van der Waals surface area contributed by atoms with Crippen LogP contribution in [0.25, 0.3) is 0 Å². The van der Waals surface area contributed by atoms with Crippen molar-refractivity contribution in [3.05, 3.63) is 53.0 Å². The Kier molecular flexibility index (Phi) is 3.17. The first-order valence-corrected chi connectivity index (χ1v) is 6.53. The molecule has 0 amide bonds. The van der Waals surface area contributed by atoms with Crippen LogP contribution in [0, 0.1) is 6.92 Å². The van der Waals surface area contributed by atoms with Gasteiger partial charge in [0, 0.05) is 24.8 Å². The van der Waals surface area contributed by atoms with Crippen LogP contribution in [-0.4, -0.2) is 21.6 Å². The molecule has 1 aliphatic rings. The first kappa shape index (κ1) is 12.1. The average molecular weight is 255 g/mol. The van der Waals surface area contributed by atoms with Crippen LogP contribution in [0.2, 0.25) is 0 Å². The maximum Gasteiger partial charge on any atom is 0.138 e. The molecule has 1 N–H and O–H groups in total. The molecule has 0 saturated heterocycles. The highest BCUT2D eigenvalue weighted by molar-refractivity contribution is 5.49. The maximum atomic E-state index is 9.43. The van der Waals surface area contributed by atoms with Gasteiger partial charge in [-0.25, -0.2) is 9.97 Å². The van der Waals surface area contributed by atoms with E-state index < -0.39 is 0 Å². The van der Waals surface area contributed by atoms with Gasteiger partial charge in [-0.15, -0.1) is 0 Å². The number of hydrogen-bond acceptors (Lipinski definition) is 4. The fourth-order valence-electron chi connectivity index (χ4n) is 2.54. The zero-order valence-corrected chi connectivity index (χ0v) is 11.0. The van der Waals surface area contributed by atoms with Crippen LogP contribution in [0.4, 0.5) is 5.82 Å². The van der Waals surface area contributed by atoms with E-state index in [4.69, 9.17) is 0 Å². The Labute approximate surface area is 112 Å². The maximum absolute atomic E-state index is 9.43. The number of aromatic nitrogens is 2. The Balaban J connectivity index is 1.95. The standard InChI is InChI=1S/C15H17N3O/c1-11-16-8-14(10-19)15(17-11)18-7-6-12-4-2-3-5-13(12)9-18/h2-5,8,19H,6-7,9-10H2,1H3. The zero-order valence-electron chi connectivity index (χ0n) is 11.0. The molecule has 0 saturated carbocycles. The molecular weight excluding hydrogens is 238 g/mol. The van der Waals surface area contributed by atoms with Gasteiger partial charge in [-0.1, -0.05) is 24.3 Å². The lowest BCUT2D eigenvalue weighted by atomic mass is 10.00. The second-order valence-electron chi connectivity index (χ2n) is 4.86. The van der Waals surface area contributed by atoms with Crippen molar-refractivity contribution in [2.45, 2.75) is 26.5 Å². The molecule has 0 radical (unpaired) electrons. The highest BCUT2D eigenvalue weighted by atomic mass is 16.3. The molecule has 98 valence electrons. The van der Waals surface area contributed by atoms with Crippen LogP contribution >= 0.6 is 0 Å². The van der Waals surface area contributed by atoms with Crippen molar-refractivity contribution in [1.29, 1.82) is 0 Å². The Morgan fingerprint density at radius 1 is 1.26 bits per heavy atom. The molecule has 2 aromatic rings. The number of hydrogen-bond donors (Lipinski definition) is 1. The summed E-state index contributed by atoms with van der Waals surface area (Å²) in [5.41, 5.74) is 3.55. The van der Waals surface area contributed by atoms with E-state index in [1.165, 1.54) is 11.1 Å². The van der Waals surface area contributed by atoms with Gasteiger partial charge in [0.2, 0.25) is 0 Å². The smallest absolute Gasteiger partial charge is 0.138 e. The van der Waals surface area contributed by atoms with Crippen LogP contribution in [0.15, 0.2) is 30.5 Å². The van der Waals surface area contributed by atoms with Crippen LogP contribution in [0.5, 0.6) is 0 Å². The lowest BCUT2D eigenvalue weighted by molar-refractivity contribution is 0.281. The minimum absolute atomic E-state index is 0.0201. The van der Waals surface area contributed by atoms with Crippen molar-refractivity contribution in [2.75, 3.05) is 11.4 Å². The molecule has 1 aromatic heterocycles. The number of aryl methyl sites for hydroxylation is 1. The molecule has 0 spiro atoms. The lowest BCUT2D eigenvalue weighted by Gasteiger charge is -2.31. The number of nitrogens with zero attached hydrogens (tertiary/aromatic N) is 3. The van der Waals surface area contributed by atoms with Crippen LogP contribution in [0.3, 0.4) is 0 Å². The summed E-state index contributed by atoms with van der Waals surface area (Å²) in [5.74, 6) is 1.61. The topological polar surface area (TPSA) is 49.3 Å². The number of fused-ring (bicyclic) bond motifs is 1. The summed E-state index contributed by atoms with van der Waals surface area (Å²) in [6, 6.07) is 8.50. The summed E-state index contributed by atoms with van der Waals surface area (Å²) in [7, 11) is 0. The van der Waals surface area contributed by atoms with Crippen LogP contribution < -0.4 is 4.90 Å². The second-order valence-corrected chi connectivity index (χ2v) is 4.86. The number of rotatable bonds is 2. The van der Waals surface area contributed by atoms with Crippen LogP contribution in [-0.2, 0) is 19.6 Å². The summed E-state index contributed by atoms with van der Waals surface area (Å²) in [6.45, 7) is 3.64. The first-order valence-electron chi connectivity index (χ1n) is 6.53. The van der Waals surface area contributed by atoms with E-state index in [0.717, 1.165) is 36.7 Å². The number of anilines is 1. The van der Waals surface area contributed by atoms with Crippen molar-refractivity contribution in [1.82, 2.24) is 9.97 Å². The summed E-state index contributed by atoms with van der Waals surface area (Å²) in [5, 5.41) is 9.43. The molecule has 2 heterocycles. The van der Waals surface area contributed by atoms with Crippen molar-refractivity contribution >= 4 is 5.82 Å². The molecule has 4 nitrogen and oxygen atoms in total. The van der Waals surface area contributed by atoms with Crippen molar-refractivity contribution in [2.24, 2.45) is 0 Å². The molecule has 0 fully saturated rings. The van der Waals surface area contributed by atoms with Gasteiger partial charge in [0.1, 0.15) is 11.6 Å². The van der Waals surface area contributed by atoms with Crippen molar-refractivity contribution in [3.63, 3.8) is 0 Å². The summed E-state index contributed by atoms with van der Waals surface area (Å²) in [6.07, 6.45) is 2.74. The normalized spacial score (nSPS) is 14.3. The van der Waals surface area contributed by atoms with E-state index in [9.17, 15) is 5.11 Å². The molecule has 0 bridgehead atoms. The summed E-state index contributed by atoms with van der Waals surface area (Å²) >= 11 is 0. The predicted octanol–water partition coefficient (Wildman–Crippen LogP) is 1.84. The summed E-state index contributed by atoms with van der Waals surface area (Å²) < 4.78 is 0. The second kappa shape index (κ2) is 4.97.